The van der Waals surface area contributed by atoms with Gasteiger partial charge in [-0.2, -0.15) is 4.98 Å². The van der Waals surface area contributed by atoms with Crippen molar-refractivity contribution in [3.05, 3.63) is 78.8 Å². The van der Waals surface area contributed by atoms with E-state index >= 15 is 0 Å². The highest BCUT2D eigenvalue weighted by Gasteiger charge is 2.30. The van der Waals surface area contributed by atoms with Gasteiger partial charge in [-0.3, -0.25) is 4.90 Å². The molecule has 0 saturated carbocycles. The average molecular weight is 463 g/mol. The van der Waals surface area contributed by atoms with E-state index in [-0.39, 0.29) is 11.1 Å². The lowest BCUT2D eigenvalue weighted by atomic mass is 10.1. The molecule has 2 aromatic carbocycles. The number of aromatic nitrogens is 3. The number of hydrogen-bond acceptors (Lipinski definition) is 8. The van der Waals surface area contributed by atoms with Gasteiger partial charge in [-0.15, -0.1) is 0 Å². The van der Waals surface area contributed by atoms with Gasteiger partial charge < -0.3 is 9.26 Å². The maximum atomic E-state index is 11.6. The lowest BCUT2D eigenvalue weighted by Gasteiger charge is -2.38. The molecule has 3 heterocycles. The maximum absolute atomic E-state index is 11.6. The first-order chi connectivity index (χ1) is 15.9. The molecule has 8 nitrogen and oxygen atoms in total. The van der Waals surface area contributed by atoms with Crippen LogP contribution in [0.15, 0.2) is 82.5 Å². The molecule has 5 rings (SSSR count). The van der Waals surface area contributed by atoms with Gasteiger partial charge in [0.1, 0.15) is 11.9 Å². The van der Waals surface area contributed by atoms with Crippen molar-refractivity contribution < 1.29 is 17.7 Å². The van der Waals surface area contributed by atoms with Gasteiger partial charge in [0.15, 0.2) is 14.9 Å². The van der Waals surface area contributed by atoms with Crippen LogP contribution in [0.1, 0.15) is 5.89 Å². The zero-order valence-electron chi connectivity index (χ0n) is 18.0. The summed E-state index contributed by atoms with van der Waals surface area (Å²) in [7, 11) is -3.30. The summed E-state index contributed by atoms with van der Waals surface area (Å²) in [5.74, 6) is 1.97. The molecule has 0 bridgehead atoms. The van der Waals surface area contributed by atoms with Crippen molar-refractivity contribution in [2.45, 2.75) is 17.7 Å². The lowest BCUT2D eigenvalue weighted by Crippen LogP contribution is -2.53. The van der Waals surface area contributed by atoms with Crippen LogP contribution in [0.5, 0.6) is 5.75 Å². The van der Waals surface area contributed by atoms with E-state index in [9.17, 15) is 8.42 Å². The minimum absolute atomic E-state index is 0.0672. The zero-order chi connectivity index (χ0) is 22.8. The van der Waals surface area contributed by atoms with E-state index in [1.807, 2.05) is 54.6 Å². The standard InChI is InChI=1S/C24H22N4O4S/c1-33(29,30)23-12-9-19(13-25-23)17-7-10-20(11-8-17)31-21-14-28(15-21)16-22-26-24(27-32-22)18-5-3-2-4-6-18/h2-13,21H,14-16H2,1H3. The number of likely N-dealkylation sites (tertiary alicyclic amines) is 1. The van der Waals surface area contributed by atoms with Crippen molar-refractivity contribution in [3.8, 4) is 28.3 Å². The Morgan fingerprint density at radius 1 is 0.970 bits per heavy atom. The summed E-state index contributed by atoms with van der Waals surface area (Å²) in [5.41, 5.74) is 2.72. The van der Waals surface area contributed by atoms with Gasteiger partial charge in [0.2, 0.25) is 11.7 Å². The summed E-state index contributed by atoms with van der Waals surface area (Å²) in [5, 5.41) is 4.12. The highest BCUT2D eigenvalue weighted by atomic mass is 32.2. The number of hydrogen-bond donors (Lipinski definition) is 0. The molecular weight excluding hydrogens is 440 g/mol. The van der Waals surface area contributed by atoms with Crippen LogP contribution in [0.4, 0.5) is 0 Å². The van der Waals surface area contributed by atoms with Gasteiger partial charge in [-0.1, -0.05) is 47.6 Å². The number of nitrogens with zero attached hydrogens (tertiary/aromatic N) is 4. The molecule has 0 aliphatic carbocycles. The summed E-state index contributed by atoms with van der Waals surface area (Å²) < 4.78 is 34.5. The van der Waals surface area contributed by atoms with E-state index < -0.39 is 9.84 Å². The quantitative estimate of drug-likeness (QED) is 0.412. The molecule has 2 aromatic heterocycles. The molecule has 0 spiro atoms. The zero-order valence-corrected chi connectivity index (χ0v) is 18.8. The molecule has 0 radical (unpaired) electrons. The summed E-state index contributed by atoms with van der Waals surface area (Å²) in [6.45, 7) is 2.15. The smallest absolute Gasteiger partial charge is 0.241 e. The Balaban J connectivity index is 1.13. The van der Waals surface area contributed by atoms with Crippen LogP contribution in [-0.4, -0.2) is 53.9 Å². The van der Waals surface area contributed by atoms with Gasteiger partial charge in [0.25, 0.3) is 0 Å². The van der Waals surface area contributed by atoms with Crippen LogP contribution in [0, 0.1) is 0 Å². The fourth-order valence-corrected chi connectivity index (χ4v) is 4.19. The highest BCUT2D eigenvalue weighted by Crippen LogP contribution is 2.25. The van der Waals surface area contributed by atoms with Crippen molar-refractivity contribution in [2.75, 3.05) is 19.3 Å². The fourth-order valence-electron chi connectivity index (χ4n) is 3.63. The van der Waals surface area contributed by atoms with Gasteiger partial charge in [-0.25, -0.2) is 13.4 Å². The topological polar surface area (TPSA) is 98.4 Å². The molecule has 4 aromatic rings. The summed E-state index contributed by atoms with van der Waals surface area (Å²) >= 11 is 0. The Labute approximate surface area is 191 Å². The van der Waals surface area contributed by atoms with E-state index in [0.717, 1.165) is 41.8 Å². The second-order valence-electron chi connectivity index (χ2n) is 7.99. The maximum Gasteiger partial charge on any atom is 0.241 e. The number of pyridine rings is 1. The monoisotopic (exact) mass is 462 g/mol. The first-order valence-corrected chi connectivity index (χ1v) is 12.4. The van der Waals surface area contributed by atoms with Crippen LogP contribution in [0.3, 0.4) is 0 Å². The molecule has 9 heteroatoms. The van der Waals surface area contributed by atoms with Crippen molar-refractivity contribution in [1.82, 2.24) is 20.0 Å². The normalized spacial score (nSPS) is 14.7. The average Bonchev–Trinajstić information content (AvgIpc) is 3.27. The highest BCUT2D eigenvalue weighted by molar-refractivity contribution is 7.90. The van der Waals surface area contributed by atoms with E-state index in [4.69, 9.17) is 9.26 Å². The number of rotatable bonds is 7. The molecule has 0 amide bonds. The lowest BCUT2D eigenvalue weighted by molar-refractivity contribution is 0.00864. The minimum Gasteiger partial charge on any atom is -0.488 e. The van der Waals surface area contributed by atoms with E-state index in [1.54, 1.807) is 12.3 Å². The van der Waals surface area contributed by atoms with Gasteiger partial charge in [0, 0.05) is 36.7 Å². The second-order valence-corrected chi connectivity index (χ2v) is 9.96. The van der Waals surface area contributed by atoms with Gasteiger partial charge in [0.05, 0.1) is 6.54 Å². The molecular formula is C24H22N4O4S. The molecule has 168 valence electrons. The van der Waals surface area contributed by atoms with Crippen LogP contribution in [0.25, 0.3) is 22.5 Å². The Hall–Kier alpha value is -3.56. The number of sulfone groups is 1. The Morgan fingerprint density at radius 2 is 1.70 bits per heavy atom. The fraction of sp³-hybridized carbons (Fsp3) is 0.208. The third-order valence-electron chi connectivity index (χ3n) is 5.39. The molecule has 1 aliphatic rings. The number of ether oxygens (including phenoxy) is 1. The molecule has 33 heavy (non-hydrogen) atoms. The first-order valence-electron chi connectivity index (χ1n) is 10.5. The van der Waals surface area contributed by atoms with Gasteiger partial charge in [-0.05, 0) is 29.8 Å². The predicted molar refractivity (Wildman–Crippen MR) is 122 cm³/mol. The summed E-state index contributed by atoms with van der Waals surface area (Å²) in [6, 6.07) is 20.7. The van der Waals surface area contributed by atoms with E-state index in [0.29, 0.717) is 18.3 Å². The second kappa shape index (κ2) is 8.76. The molecule has 0 atom stereocenters. The van der Waals surface area contributed by atoms with Crippen LogP contribution < -0.4 is 4.74 Å². The third-order valence-corrected chi connectivity index (χ3v) is 6.39. The molecule has 1 aliphatic heterocycles. The van der Waals surface area contributed by atoms with E-state index in [2.05, 4.69) is 20.0 Å². The number of benzene rings is 2. The summed E-state index contributed by atoms with van der Waals surface area (Å²) in [6.07, 6.45) is 2.81. The molecule has 1 saturated heterocycles. The van der Waals surface area contributed by atoms with Crippen molar-refractivity contribution >= 4 is 9.84 Å². The largest absolute Gasteiger partial charge is 0.488 e. The van der Waals surface area contributed by atoms with Crippen LogP contribution in [0.2, 0.25) is 0 Å². The third kappa shape index (κ3) is 4.94. The van der Waals surface area contributed by atoms with Crippen molar-refractivity contribution in [1.29, 1.82) is 0 Å². The molecule has 1 fully saturated rings. The Bertz CT molecular complexity index is 1330. The van der Waals surface area contributed by atoms with Crippen molar-refractivity contribution in [3.63, 3.8) is 0 Å². The summed E-state index contributed by atoms with van der Waals surface area (Å²) in [4.78, 5) is 10.7. The van der Waals surface area contributed by atoms with E-state index in [1.165, 1.54) is 6.07 Å². The van der Waals surface area contributed by atoms with Crippen LogP contribution >= 0.6 is 0 Å². The van der Waals surface area contributed by atoms with Gasteiger partial charge >= 0.3 is 0 Å². The Kier molecular flexibility index (Phi) is 5.65. The SMILES string of the molecule is CS(=O)(=O)c1ccc(-c2ccc(OC3CN(Cc4nc(-c5ccccc5)no4)C3)cc2)cn1. The Morgan fingerprint density at radius 3 is 2.36 bits per heavy atom. The molecule has 0 N–H and O–H groups in total. The predicted octanol–water partition coefficient (Wildman–Crippen LogP) is 3.47. The minimum atomic E-state index is -3.30. The van der Waals surface area contributed by atoms with Crippen molar-refractivity contribution in [2.24, 2.45) is 0 Å². The first kappa shape index (κ1) is 21.3. The van der Waals surface area contributed by atoms with Crippen LogP contribution in [-0.2, 0) is 16.4 Å². The molecule has 0 unspecified atom stereocenters.